The largest absolute Gasteiger partial charge is 0.497 e. The minimum Gasteiger partial charge on any atom is -0.497 e. The number of aromatic nitrogens is 2. The van der Waals surface area contributed by atoms with Crippen molar-refractivity contribution in [1.82, 2.24) is 9.55 Å². The molecule has 0 spiro atoms. The maximum atomic E-state index is 14.8. The summed E-state index contributed by atoms with van der Waals surface area (Å²) in [5.74, 6) is -0.909. The first kappa shape index (κ1) is 22.4. The lowest BCUT2D eigenvalue weighted by Crippen LogP contribution is -2.56. The van der Waals surface area contributed by atoms with Crippen LogP contribution in [0.25, 0.3) is 0 Å². The maximum absolute atomic E-state index is 14.8. The Balaban J connectivity index is 1.72. The van der Waals surface area contributed by atoms with Crippen LogP contribution in [0, 0.1) is 5.82 Å². The van der Waals surface area contributed by atoms with Gasteiger partial charge in [-0.2, -0.15) is 22.5 Å². The first-order chi connectivity index (χ1) is 15.2. The highest BCUT2D eigenvalue weighted by Gasteiger charge is 2.60. The average Bonchev–Trinajstić information content (AvgIpc) is 3.08. The predicted octanol–water partition coefficient (Wildman–Crippen LogP) is 2.61. The number of rotatable bonds is 5. The van der Waals surface area contributed by atoms with E-state index in [9.17, 15) is 22.4 Å². The van der Waals surface area contributed by atoms with E-state index in [0.717, 1.165) is 22.0 Å². The Hall–Kier alpha value is -2.82. The highest BCUT2D eigenvalue weighted by Crippen LogP contribution is 2.43. The van der Waals surface area contributed by atoms with Crippen LogP contribution in [0.5, 0.6) is 5.75 Å². The molecule has 0 saturated carbocycles. The standard InChI is InChI=1S/C21H24F4N4O3/c1-20(21(23,24)25)13-28-18(30)16(22)17(27-9-11-32-12-10-27)26-19(28)29(20)8-7-14-3-5-15(31-2)6-4-14/h3-6H,7-13H2,1-2H3. The number of hydrogen-bond donors (Lipinski definition) is 0. The van der Waals surface area contributed by atoms with Gasteiger partial charge in [0.25, 0.3) is 5.56 Å². The lowest BCUT2D eigenvalue weighted by molar-refractivity contribution is -0.182. The van der Waals surface area contributed by atoms with Gasteiger partial charge < -0.3 is 19.3 Å². The molecule has 7 nitrogen and oxygen atoms in total. The number of halogens is 4. The first-order valence-corrected chi connectivity index (χ1v) is 10.3. The zero-order chi connectivity index (χ0) is 23.1. The Bertz CT molecular complexity index is 1040. The van der Waals surface area contributed by atoms with Crippen LogP contribution in [0.1, 0.15) is 12.5 Å². The van der Waals surface area contributed by atoms with Crippen molar-refractivity contribution in [2.45, 2.75) is 31.6 Å². The summed E-state index contributed by atoms with van der Waals surface area (Å²) in [6.45, 7) is 1.48. The highest BCUT2D eigenvalue weighted by molar-refractivity contribution is 5.51. The summed E-state index contributed by atoms with van der Waals surface area (Å²) in [5.41, 5.74) is -2.69. The molecule has 0 amide bonds. The van der Waals surface area contributed by atoms with Gasteiger partial charge in [-0.15, -0.1) is 0 Å². The van der Waals surface area contributed by atoms with Gasteiger partial charge in [0, 0.05) is 19.6 Å². The summed E-state index contributed by atoms with van der Waals surface area (Å²) in [7, 11) is 1.53. The second kappa shape index (κ2) is 8.27. The quantitative estimate of drug-likeness (QED) is 0.645. The number of alkyl halides is 3. The van der Waals surface area contributed by atoms with Crippen LogP contribution in [0.15, 0.2) is 29.1 Å². The fraction of sp³-hybridized carbons (Fsp3) is 0.524. The Morgan fingerprint density at radius 3 is 2.44 bits per heavy atom. The number of morpholine rings is 1. The number of methoxy groups -OCH3 is 1. The van der Waals surface area contributed by atoms with Gasteiger partial charge >= 0.3 is 6.18 Å². The van der Waals surface area contributed by atoms with Gasteiger partial charge in [-0.3, -0.25) is 9.36 Å². The van der Waals surface area contributed by atoms with Crippen molar-refractivity contribution in [1.29, 1.82) is 0 Å². The van der Waals surface area contributed by atoms with Gasteiger partial charge in [-0.25, -0.2) is 0 Å². The van der Waals surface area contributed by atoms with E-state index in [1.165, 1.54) is 12.0 Å². The molecule has 1 saturated heterocycles. The van der Waals surface area contributed by atoms with Crippen molar-refractivity contribution in [3.05, 3.63) is 46.0 Å². The lowest BCUT2D eigenvalue weighted by Gasteiger charge is -2.37. The normalized spacial score (nSPS) is 21.1. The van der Waals surface area contributed by atoms with E-state index in [1.807, 2.05) is 0 Å². The maximum Gasteiger partial charge on any atom is 0.413 e. The molecule has 174 valence electrons. The van der Waals surface area contributed by atoms with Crippen LogP contribution in [0.2, 0.25) is 0 Å². The molecule has 2 aliphatic heterocycles. The summed E-state index contributed by atoms with van der Waals surface area (Å²) < 4.78 is 68.4. The van der Waals surface area contributed by atoms with Gasteiger partial charge in [-0.05, 0) is 31.0 Å². The molecule has 0 aliphatic carbocycles. The highest BCUT2D eigenvalue weighted by atomic mass is 19.4. The van der Waals surface area contributed by atoms with Gasteiger partial charge in [0.2, 0.25) is 11.8 Å². The van der Waals surface area contributed by atoms with E-state index >= 15 is 0 Å². The third-order valence-corrected chi connectivity index (χ3v) is 6.08. The molecule has 4 rings (SSSR count). The summed E-state index contributed by atoms with van der Waals surface area (Å²) in [6, 6.07) is 6.99. The topological polar surface area (TPSA) is 59.8 Å². The Morgan fingerprint density at radius 2 is 1.84 bits per heavy atom. The molecule has 11 heteroatoms. The minimum absolute atomic E-state index is 0.0526. The smallest absolute Gasteiger partial charge is 0.413 e. The molecule has 1 aromatic carbocycles. The van der Waals surface area contributed by atoms with Crippen molar-refractivity contribution in [2.24, 2.45) is 0 Å². The van der Waals surface area contributed by atoms with E-state index in [2.05, 4.69) is 4.98 Å². The SMILES string of the molecule is COc1ccc(CCN2c3nc(N4CCOCC4)c(F)c(=O)n3CC2(C)C(F)(F)F)cc1. The van der Waals surface area contributed by atoms with Crippen LogP contribution in [0.4, 0.5) is 29.3 Å². The van der Waals surface area contributed by atoms with Crippen LogP contribution >= 0.6 is 0 Å². The van der Waals surface area contributed by atoms with Crippen LogP contribution in [-0.2, 0) is 17.7 Å². The van der Waals surface area contributed by atoms with E-state index in [-0.39, 0.29) is 24.7 Å². The number of benzene rings is 1. The van der Waals surface area contributed by atoms with E-state index in [4.69, 9.17) is 9.47 Å². The first-order valence-electron chi connectivity index (χ1n) is 10.3. The van der Waals surface area contributed by atoms with Crippen LogP contribution in [-0.4, -0.2) is 61.2 Å². The Labute approximate surface area is 182 Å². The van der Waals surface area contributed by atoms with Gasteiger partial charge in [0.05, 0.1) is 26.9 Å². The molecule has 1 unspecified atom stereocenters. The summed E-state index contributed by atoms with van der Waals surface area (Å²) >= 11 is 0. The Morgan fingerprint density at radius 1 is 1.19 bits per heavy atom. The molecule has 1 atom stereocenters. The van der Waals surface area contributed by atoms with E-state index in [0.29, 0.717) is 32.1 Å². The molecule has 2 aliphatic rings. The summed E-state index contributed by atoms with van der Waals surface area (Å²) in [5, 5.41) is 0. The fourth-order valence-corrected chi connectivity index (χ4v) is 4.08. The number of fused-ring (bicyclic) bond motifs is 1. The Kier molecular flexibility index (Phi) is 5.78. The molecule has 32 heavy (non-hydrogen) atoms. The van der Waals surface area contributed by atoms with E-state index in [1.54, 1.807) is 24.3 Å². The van der Waals surface area contributed by atoms with E-state index < -0.39 is 29.6 Å². The van der Waals surface area contributed by atoms with Crippen LogP contribution < -0.4 is 20.1 Å². The molecule has 0 radical (unpaired) electrons. The number of ether oxygens (including phenoxy) is 2. The number of nitrogens with zero attached hydrogens (tertiary/aromatic N) is 4. The van der Waals surface area contributed by atoms with Crippen LogP contribution in [0.3, 0.4) is 0 Å². The molecule has 0 bridgehead atoms. The molecular formula is C21H24F4N4O3. The molecule has 2 aromatic rings. The van der Waals surface area contributed by atoms with Crippen molar-refractivity contribution in [2.75, 3.05) is 49.8 Å². The van der Waals surface area contributed by atoms with Crippen molar-refractivity contribution in [3.63, 3.8) is 0 Å². The van der Waals surface area contributed by atoms with Gasteiger partial charge in [0.15, 0.2) is 11.4 Å². The van der Waals surface area contributed by atoms with Crippen molar-refractivity contribution < 1.29 is 27.0 Å². The zero-order valence-electron chi connectivity index (χ0n) is 17.8. The number of anilines is 2. The monoisotopic (exact) mass is 456 g/mol. The number of hydrogen-bond acceptors (Lipinski definition) is 6. The van der Waals surface area contributed by atoms with Crippen molar-refractivity contribution in [3.8, 4) is 5.75 Å². The lowest BCUT2D eigenvalue weighted by atomic mass is 10.00. The van der Waals surface area contributed by atoms with Gasteiger partial charge in [-0.1, -0.05) is 12.1 Å². The molecule has 1 aromatic heterocycles. The summed E-state index contributed by atoms with van der Waals surface area (Å²) in [6.07, 6.45) is -4.39. The molecule has 3 heterocycles. The predicted molar refractivity (Wildman–Crippen MR) is 110 cm³/mol. The third kappa shape index (κ3) is 3.78. The molecule has 1 fully saturated rings. The second-order valence-electron chi connectivity index (χ2n) is 8.06. The fourth-order valence-electron chi connectivity index (χ4n) is 4.08. The average molecular weight is 456 g/mol. The van der Waals surface area contributed by atoms with Crippen molar-refractivity contribution >= 4 is 11.8 Å². The minimum atomic E-state index is -4.66. The molecule has 0 N–H and O–H groups in total. The molecular weight excluding hydrogens is 432 g/mol. The van der Waals surface area contributed by atoms with Gasteiger partial charge in [0.1, 0.15) is 5.75 Å². The third-order valence-electron chi connectivity index (χ3n) is 6.08. The second-order valence-corrected chi connectivity index (χ2v) is 8.06. The summed E-state index contributed by atoms with van der Waals surface area (Å²) in [4.78, 5) is 19.5. The zero-order valence-corrected chi connectivity index (χ0v) is 17.8.